The van der Waals surface area contributed by atoms with Crippen LogP contribution in [-0.2, 0) is 0 Å². The van der Waals surface area contributed by atoms with Gasteiger partial charge in [0.2, 0.25) is 0 Å². The summed E-state index contributed by atoms with van der Waals surface area (Å²) < 4.78 is 42.4. The molecule has 0 saturated heterocycles. The van der Waals surface area contributed by atoms with E-state index in [9.17, 15) is 18.3 Å². The third-order valence-electron chi connectivity index (χ3n) is 4.39. The summed E-state index contributed by atoms with van der Waals surface area (Å²) in [5.74, 6) is 0.301. The summed E-state index contributed by atoms with van der Waals surface area (Å²) in [7, 11) is 0. The van der Waals surface area contributed by atoms with Crippen molar-refractivity contribution in [3.63, 3.8) is 0 Å². The number of alkyl halides is 3. The minimum absolute atomic E-state index is 0.0368. The molecule has 3 aromatic rings. The number of aromatic hydroxyl groups is 1. The van der Waals surface area contributed by atoms with Gasteiger partial charge in [0.25, 0.3) is 0 Å². The molecule has 3 rings (SSSR count). The van der Waals surface area contributed by atoms with Gasteiger partial charge in [-0.1, -0.05) is 31.2 Å². The number of halogens is 3. The zero-order valence-electron chi connectivity index (χ0n) is 16.1. The third kappa shape index (κ3) is 5.38. The molecular weight excluding hydrogens is 397 g/mol. The van der Waals surface area contributed by atoms with E-state index < -0.39 is 6.36 Å². The summed E-state index contributed by atoms with van der Waals surface area (Å²) >= 11 is 0. The maximum Gasteiger partial charge on any atom is 0.573 e. The molecule has 0 spiro atoms. The van der Waals surface area contributed by atoms with E-state index in [2.05, 4.69) is 20.0 Å². The van der Waals surface area contributed by atoms with Gasteiger partial charge in [-0.3, -0.25) is 0 Å². The molecule has 1 aromatic heterocycles. The van der Waals surface area contributed by atoms with E-state index in [0.29, 0.717) is 17.9 Å². The molecule has 0 radical (unpaired) electrons. The molecule has 0 aliphatic heterocycles. The Kier molecular flexibility index (Phi) is 6.41. The molecule has 1 heterocycles. The van der Waals surface area contributed by atoms with Crippen LogP contribution in [0, 0.1) is 0 Å². The number of phenols is 1. The van der Waals surface area contributed by atoms with Crippen LogP contribution in [0.15, 0.2) is 54.7 Å². The topological polar surface area (TPSA) is 93.3 Å². The number of nitrogens with zero attached hydrogens (tertiary/aromatic N) is 2. The van der Waals surface area contributed by atoms with Crippen LogP contribution in [-0.4, -0.2) is 34.0 Å². The van der Waals surface area contributed by atoms with Gasteiger partial charge in [0, 0.05) is 24.3 Å². The molecule has 0 unspecified atom stereocenters. The van der Waals surface area contributed by atoms with Crippen LogP contribution in [0.4, 0.5) is 19.0 Å². The van der Waals surface area contributed by atoms with Gasteiger partial charge in [0.1, 0.15) is 17.3 Å². The molecule has 30 heavy (non-hydrogen) atoms. The minimum atomic E-state index is -4.82. The molecule has 0 saturated carbocycles. The van der Waals surface area contributed by atoms with Crippen molar-refractivity contribution in [1.82, 2.24) is 9.97 Å². The van der Waals surface area contributed by atoms with Gasteiger partial charge >= 0.3 is 6.36 Å². The van der Waals surface area contributed by atoms with Crippen molar-refractivity contribution in [2.24, 2.45) is 5.73 Å². The number of nitrogens with two attached hydrogens (primary N) is 1. The van der Waals surface area contributed by atoms with Gasteiger partial charge in [0.15, 0.2) is 5.82 Å². The molecule has 0 bridgehead atoms. The van der Waals surface area contributed by atoms with Crippen LogP contribution >= 0.6 is 0 Å². The summed E-state index contributed by atoms with van der Waals surface area (Å²) in [6, 6.07) is 11.8. The van der Waals surface area contributed by atoms with Crippen molar-refractivity contribution >= 4 is 5.82 Å². The predicted molar refractivity (Wildman–Crippen MR) is 108 cm³/mol. The fourth-order valence-corrected chi connectivity index (χ4v) is 2.77. The first kappa shape index (κ1) is 21.4. The molecule has 4 N–H and O–H groups in total. The largest absolute Gasteiger partial charge is 0.573 e. The molecular formula is C21H21F3N4O2. The second-order valence-electron chi connectivity index (χ2n) is 6.59. The number of rotatable bonds is 7. The zero-order chi connectivity index (χ0) is 21.7. The zero-order valence-corrected chi connectivity index (χ0v) is 16.1. The first-order valence-electron chi connectivity index (χ1n) is 9.28. The van der Waals surface area contributed by atoms with E-state index in [0.717, 1.165) is 6.42 Å². The Bertz CT molecular complexity index is 1010. The van der Waals surface area contributed by atoms with E-state index in [4.69, 9.17) is 5.73 Å². The summed E-state index contributed by atoms with van der Waals surface area (Å²) in [6.07, 6.45) is -2.50. The van der Waals surface area contributed by atoms with Crippen LogP contribution in [0.25, 0.3) is 22.5 Å². The molecule has 0 amide bonds. The van der Waals surface area contributed by atoms with Crippen molar-refractivity contribution in [2.75, 3.05) is 11.9 Å². The maximum atomic E-state index is 12.7. The van der Waals surface area contributed by atoms with Crippen molar-refractivity contribution < 1.29 is 23.0 Å². The van der Waals surface area contributed by atoms with E-state index in [1.807, 2.05) is 6.92 Å². The van der Waals surface area contributed by atoms with Gasteiger partial charge in [-0.25, -0.2) is 9.97 Å². The molecule has 9 heteroatoms. The lowest BCUT2D eigenvalue weighted by Crippen LogP contribution is -2.28. The monoisotopic (exact) mass is 418 g/mol. The standard InChI is InChI=1S/C21H21F3N4O2/c1-2-14(25)12-27-19-9-10-26-20(28-19)16-11-13(7-8-17(16)29)15-5-3-4-6-18(15)30-21(22,23)24/h3-11,14,29H,2,12,25H2,1H3,(H,26,27,28)/t14-/m1/s1. The highest BCUT2D eigenvalue weighted by molar-refractivity contribution is 5.77. The number of anilines is 1. The van der Waals surface area contributed by atoms with Crippen LogP contribution in [0.1, 0.15) is 13.3 Å². The number of hydrogen-bond acceptors (Lipinski definition) is 6. The lowest BCUT2D eigenvalue weighted by molar-refractivity contribution is -0.274. The summed E-state index contributed by atoms with van der Waals surface area (Å²) in [5.41, 5.74) is 6.81. The van der Waals surface area contributed by atoms with E-state index >= 15 is 0 Å². The Labute approximate surface area is 171 Å². The Morgan fingerprint density at radius 3 is 2.63 bits per heavy atom. The van der Waals surface area contributed by atoms with Gasteiger partial charge in [0.05, 0.1) is 5.56 Å². The Morgan fingerprint density at radius 2 is 1.90 bits per heavy atom. The summed E-state index contributed by atoms with van der Waals surface area (Å²) in [6.45, 7) is 2.49. The smallest absolute Gasteiger partial charge is 0.507 e. The van der Waals surface area contributed by atoms with Crippen LogP contribution in [0.2, 0.25) is 0 Å². The molecule has 1 atom stereocenters. The number of para-hydroxylation sites is 1. The number of nitrogens with one attached hydrogen (secondary N) is 1. The van der Waals surface area contributed by atoms with Crippen molar-refractivity contribution in [1.29, 1.82) is 0 Å². The SMILES string of the molecule is CC[C@@H](N)CNc1ccnc(-c2cc(-c3ccccc3OC(F)(F)F)ccc2O)n1. The van der Waals surface area contributed by atoms with Crippen molar-refractivity contribution in [3.05, 3.63) is 54.7 Å². The molecule has 0 aliphatic carbocycles. The van der Waals surface area contributed by atoms with Crippen LogP contribution in [0.3, 0.4) is 0 Å². The second kappa shape index (κ2) is 9.00. The summed E-state index contributed by atoms with van der Waals surface area (Å²) in [5, 5.41) is 13.4. The fourth-order valence-electron chi connectivity index (χ4n) is 2.77. The highest BCUT2D eigenvalue weighted by Gasteiger charge is 2.32. The highest BCUT2D eigenvalue weighted by atomic mass is 19.4. The first-order valence-corrected chi connectivity index (χ1v) is 9.28. The predicted octanol–water partition coefficient (Wildman–Crippen LogP) is 4.56. The Balaban J connectivity index is 1.96. The molecule has 6 nitrogen and oxygen atoms in total. The van der Waals surface area contributed by atoms with Crippen LogP contribution < -0.4 is 15.8 Å². The molecule has 158 valence electrons. The van der Waals surface area contributed by atoms with Crippen LogP contribution in [0.5, 0.6) is 11.5 Å². The number of benzene rings is 2. The van der Waals surface area contributed by atoms with Crippen molar-refractivity contribution in [2.45, 2.75) is 25.7 Å². The number of phenolic OH excluding ortho intramolecular Hbond substituents is 1. The van der Waals surface area contributed by atoms with Gasteiger partial charge in [-0.15, -0.1) is 13.2 Å². The molecule has 2 aromatic carbocycles. The van der Waals surface area contributed by atoms with E-state index in [1.54, 1.807) is 12.1 Å². The van der Waals surface area contributed by atoms with Crippen molar-refractivity contribution in [3.8, 4) is 34.0 Å². The number of hydrogen-bond donors (Lipinski definition) is 3. The first-order chi connectivity index (χ1) is 14.3. The normalized spacial score (nSPS) is 12.4. The highest BCUT2D eigenvalue weighted by Crippen LogP contribution is 2.37. The second-order valence-corrected chi connectivity index (χ2v) is 6.59. The Morgan fingerprint density at radius 1 is 1.13 bits per heavy atom. The van der Waals surface area contributed by atoms with E-state index in [1.165, 1.54) is 42.6 Å². The third-order valence-corrected chi connectivity index (χ3v) is 4.39. The van der Waals surface area contributed by atoms with E-state index in [-0.39, 0.29) is 34.5 Å². The van der Waals surface area contributed by atoms with Gasteiger partial charge < -0.3 is 20.9 Å². The number of aromatic nitrogens is 2. The lowest BCUT2D eigenvalue weighted by atomic mass is 10.0. The number of ether oxygens (including phenoxy) is 1. The maximum absolute atomic E-state index is 12.7. The average Bonchev–Trinajstić information content (AvgIpc) is 2.72. The average molecular weight is 418 g/mol. The molecule has 0 aliphatic rings. The Hall–Kier alpha value is -3.33. The summed E-state index contributed by atoms with van der Waals surface area (Å²) in [4.78, 5) is 8.56. The fraction of sp³-hybridized carbons (Fsp3) is 0.238. The van der Waals surface area contributed by atoms with Gasteiger partial charge in [-0.05, 0) is 36.2 Å². The quantitative estimate of drug-likeness (QED) is 0.521. The molecule has 0 fully saturated rings. The minimum Gasteiger partial charge on any atom is -0.507 e. The lowest BCUT2D eigenvalue weighted by Gasteiger charge is -2.14. The van der Waals surface area contributed by atoms with Gasteiger partial charge in [-0.2, -0.15) is 0 Å².